The molecule has 0 saturated carbocycles. The van der Waals surface area contributed by atoms with Crippen molar-refractivity contribution in [3.8, 4) is 0 Å². The zero-order valence-electron chi connectivity index (χ0n) is 12.8. The summed E-state index contributed by atoms with van der Waals surface area (Å²) in [6.45, 7) is 5.69. The number of rotatable bonds is 6. The van der Waals surface area contributed by atoms with Crippen molar-refractivity contribution < 1.29 is 4.79 Å². The molecule has 1 aromatic rings. The largest absolute Gasteiger partial charge is 0.356 e. The van der Waals surface area contributed by atoms with Crippen molar-refractivity contribution in [3.05, 3.63) is 17.5 Å². The van der Waals surface area contributed by atoms with Crippen LogP contribution in [-0.2, 0) is 18.3 Å². The van der Waals surface area contributed by atoms with Crippen LogP contribution in [0.15, 0.2) is 6.20 Å². The van der Waals surface area contributed by atoms with E-state index in [1.54, 1.807) is 0 Å². The third kappa shape index (κ3) is 3.82. The number of fused-ring (bicyclic) bond motifs is 1. The Bertz CT molecular complexity index is 453. The van der Waals surface area contributed by atoms with E-state index in [1.165, 1.54) is 17.7 Å². The number of hydrogen-bond donors (Lipinski definition) is 2. The Morgan fingerprint density at radius 1 is 1.55 bits per heavy atom. The maximum atomic E-state index is 11.7. The van der Waals surface area contributed by atoms with Gasteiger partial charge in [0.15, 0.2) is 0 Å². The maximum absolute atomic E-state index is 11.7. The summed E-state index contributed by atoms with van der Waals surface area (Å²) in [5.74, 6) is 0.636. The van der Waals surface area contributed by atoms with Crippen molar-refractivity contribution in [2.24, 2.45) is 13.0 Å². The number of hydrogen-bond acceptors (Lipinski definition) is 3. The van der Waals surface area contributed by atoms with Crippen LogP contribution in [0.1, 0.15) is 50.4 Å². The van der Waals surface area contributed by atoms with Crippen molar-refractivity contribution >= 4 is 5.91 Å². The monoisotopic (exact) mass is 278 g/mol. The molecular weight excluding hydrogens is 252 g/mol. The molecule has 2 rings (SSSR count). The van der Waals surface area contributed by atoms with Gasteiger partial charge in [-0.2, -0.15) is 5.10 Å². The molecule has 1 atom stereocenters. The second-order valence-corrected chi connectivity index (χ2v) is 6.02. The molecule has 0 fully saturated rings. The molecule has 0 spiro atoms. The van der Waals surface area contributed by atoms with E-state index in [4.69, 9.17) is 0 Å². The van der Waals surface area contributed by atoms with E-state index in [2.05, 4.69) is 29.6 Å². The Kier molecular flexibility index (Phi) is 5.17. The lowest BCUT2D eigenvalue weighted by Gasteiger charge is -2.23. The maximum Gasteiger partial charge on any atom is 0.221 e. The van der Waals surface area contributed by atoms with Gasteiger partial charge in [-0.15, -0.1) is 0 Å². The van der Waals surface area contributed by atoms with Crippen molar-refractivity contribution in [2.75, 3.05) is 13.1 Å². The van der Waals surface area contributed by atoms with E-state index in [1.807, 2.05) is 17.9 Å². The molecule has 0 aliphatic heterocycles. The zero-order valence-corrected chi connectivity index (χ0v) is 12.8. The average Bonchev–Trinajstić information content (AvgIpc) is 2.79. The van der Waals surface area contributed by atoms with Gasteiger partial charge < -0.3 is 10.6 Å². The van der Waals surface area contributed by atoms with E-state index in [0.29, 0.717) is 18.4 Å². The minimum atomic E-state index is 0.133. The lowest BCUT2D eigenvalue weighted by molar-refractivity contribution is -0.121. The number of nitrogens with zero attached hydrogens (tertiary/aromatic N) is 2. The van der Waals surface area contributed by atoms with Gasteiger partial charge in [0, 0.05) is 43.9 Å². The van der Waals surface area contributed by atoms with Gasteiger partial charge in [-0.05, 0) is 25.2 Å². The standard InChI is InChI=1S/C15H26N4O/c1-11(2)9-17-15(20)7-8-16-13-5-4-6-14-12(13)10-18-19(14)3/h10-11,13,16H,4-9H2,1-3H3,(H,17,20). The minimum absolute atomic E-state index is 0.133. The Labute approximate surface area is 121 Å². The molecule has 1 aliphatic rings. The minimum Gasteiger partial charge on any atom is -0.356 e. The molecule has 112 valence electrons. The van der Waals surface area contributed by atoms with E-state index >= 15 is 0 Å². The highest BCUT2D eigenvalue weighted by Gasteiger charge is 2.22. The number of aromatic nitrogens is 2. The van der Waals surface area contributed by atoms with Gasteiger partial charge in [-0.25, -0.2) is 0 Å². The third-order valence-electron chi connectivity index (χ3n) is 3.83. The molecule has 0 saturated heterocycles. The predicted octanol–water partition coefficient (Wildman–Crippen LogP) is 1.55. The predicted molar refractivity (Wildman–Crippen MR) is 79.4 cm³/mol. The van der Waals surface area contributed by atoms with Crippen LogP contribution in [0.4, 0.5) is 0 Å². The first kappa shape index (κ1) is 15.0. The van der Waals surface area contributed by atoms with Gasteiger partial charge >= 0.3 is 0 Å². The van der Waals surface area contributed by atoms with E-state index in [-0.39, 0.29) is 5.91 Å². The Balaban J connectivity index is 1.76. The molecule has 0 radical (unpaired) electrons. The zero-order chi connectivity index (χ0) is 14.5. The molecule has 1 heterocycles. The Morgan fingerprint density at radius 2 is 2.35 bits per heavy atom. The lowest BCUT2D eigenvalue weighted by atomic mass is 9.93. The molecule has 1 aliphatic carbocycles. The quantitative estimate of drug-likeness (QED) is 0.830. The summed E-state index contributed by atoms with van der Waals surface area (Å²) in [6.07, 6.45) is 5.93. The van der Waals surface area contributed by atoms with Gasteiger partial charge in [-0.1, -0.05) is 13.8 Å². The van der Waals surface area contributed by atoms with Crippen molar-refractivity contribution in [3.63, 3.8) is 0 Å². The van der Waals surface area contributed by atoms with E-state index < -0.39 is 0 Å². The molecule has 1 unspecified atom stereocenters. The lowest BCUT2D eigenvalue weighted by Crippen LogP contribution is -2.32. The smallest absolute Gasteiger partial charge is 0.221 e. The molecule has 0 aromatic carbocycles. The third-order valence-corrected chi connectivity index (χ3v) is 3.83. The molecule has 0 bridgehead atoms. The first-order chi connectivity index (χ1) is 9.58. The molecule has 20 heavy (non-hydrogen) atoms. The van der Waals surface area contributed by atoms with Gasteiger partial charge in [0.25, 0.3) is 0 Å². The number of carbonyl (C=O) groups excluding carboxylic acids is 1. The first-order valence-electron chi connectivity index (χ1n) is 7.58. The van der Waals surface area contributed by atoms with Crippen LogP contribution in [-0.4, -0.2) is 28.8 Å². The fraction of sp³-hybridized carbons (Fsp3) is 0.733. The highest BCUT2D eigenvalue weighted by atomic mass is 16.1. The van der Waals surface area contributed by atoms with E-state index in [9.17, 15) is 4.79 Å². The summed E-state index contributed by atoms with van der Waals surface area (Å²) >= 11 is 0. The Morgan fingerprint density at radius 3 is 3.10 bits per heavy atom. The number of aryl methyl sites for hydroxylation is 1. The van der Waals surface area contributed by atoms with E-state index in [0.717, 1.165) is 25.9 Å². The fourth-order valence-corrected chi connectivity index (χ4v) is 2.68. The van der Waals surface area contributed by atoms with Crippen LogP contribution in [0.2, 0.25) is 0 Å². The summed E-state index contributed by atoms with van der Waals surface area (Å²) < 4.78 is 1.97. The Hall–Kier alpha value is -1.36. The SMILES string of the molecule is CC(C)CNC(=O)CCNC1CCCc2c1cnn2C. The number of carbonyl (C=O) groups is 1. The van der Waals surface area contributed by atoms with Crippen molar-refractivity contribution in [1.29, 1.82) is 0 Å². The molecule has 2 N–H and O–H groups in total. The summed E-state index contributed by atoms with van der Waals surface area (Å²) in [4.78, 5) is 11.7. The fourth-order valence-electron chi connectivity index (χ4n) is 2.68. The summed E-state index contributed by atoms with van der Waals surface area (Å²) in [6, 6.07) is 0.352. The van der Waals surface area contributed by atoms with Crippen LogP contribution in [0.3, 0.4) is 0 Å². The van der Waals surface area contributed by atoms with Crippen LogP contribution >= 0.6 is 0 Å². The first-order valence-corrected chi connectivity index (χ1v) is 7.58. The molecule has 1 aromatic heterocycles. The van der Waals surface area contributed by atoms with Gasteiger partial charge in [0.2, 0.25) is 5.91 Å². The number of nitrogens with one attached hydrogen (secondary N) is 2. The summed E-state index contributed by atoms with van der Waals surface area (Å²) in [7, 11) is 2.00. The highest BCUT2D eigenvalue weighted by molar-refractivity contribution is 5.76. The molecule has 1 amide bonds. The summed E-state index contributed by atoms with van der Waals surface area (Å²) in [5.41, 5.74) is 2.64. The number of amides is 1. The van der Waals surface area contributed by atoms with Crippen LogP contribution in [0.5, 0.6) is 0 Å². The summed E-state index contributed by atoms with van der Waals surface area (Å²) in [5, 5.41) is 10.8. The van der Waals surface area contributed by atoms with Crippen LogP contribution in [0.25, 0.3) is 0 Å². The van der Waals surface area contributed by atoms with Crippen LogP contribution < -0.4 is 10.6 Å². The van der Waals surface area contributed by atoms with Crippen molar-refractivity contribution in [2.45, 2.75) is 45.6 Å². The van der Waals surface area contributed by atoms with Gasteiger partial charge in [0.05, 0.1) is 6.20 Å². The average molecular weight is 278 g/mol. The molecular formula is C15H26N4O. The topological polar surface area (TPSA) is 59.0 Å². The molecule has 5 heteroatoms. The van der Waals surface area contributed by atoms with Crippen LogP contribution in [0, 0.1) is 5.92 Å². The normalized spacial score (nSPS) is 18.1. The second-order valence-electron chi connectivity index (χ2n) is 6.02. The van der Waals surface area contributed by atoms with Gasteiger partial charge in [-0.3, -0.25) is 9.48 Å². The second kappa shape index (κ2) is 6.88. The molecule has 5 nitrogen and oxygen atoms in total. The highest BCUT2D eigenvalue weighted by Crippen LogP contribution is 2.28. The van der Waals surface area contributed by atoms with Gasteiger partial charge in [0.1, 0.15) is 0 Å². The van der Waals surface area contributed by atoms with Crippen molar-refractivity contribution in [1.82, 2.24) is 20.4 Å².